The zero-order valence-electron chi connectivity index (χ0n) is 17.6. The highest BCUT2D eigenvalue weighted by molar-refractivity contribution is 6.04. The fourth-order valence-electron chi connectivity index (χ4n) is 3.82. The van der Waals surface area contributed by atoms with Gasteiger partial charge >= 0.3 is 0 Å². The Kier molecular flexibility index (Phi) is 8.64. The van der Waals surface area contributed by atoms with Crippen molar-refractivity contribution in [3.05, 3.63) is 35.9 Å². The fraction of sp³-hybridized carbons (Fsp3) is 0.591. The molecule has 29 heavy (non-hydrogen) atoms. The van der Waals surface area contributed by atoms with Crippen molar-refractivity contribution in [2.75, 3.05) is 27.2 Å². The molecule has 0 radical (unpaired) electrons. The third-order valence-electron chi connectivity index (χ3n) is 5.62. The van der Waals surface area contributed by atoms with Crippen LogP contribution in [0.5, 0.6) is 0 Å². The van der Waals surface area contributed by atoms with Crippen molar-refractivity contribution in [2.24, 2.45) is 11.1 Å². The molecule has 0 saturated heterocycles. The van der Waals surface area contributed by atoms with Crippen LogP contribution in [-0.2, 0) is 20.8 Å². The van der Waals surface area contributed by atoms with Crippen molar-refractivity contribution < 1.29 is 14.4 Å². The minimum atomic E-state index is -1.11. The number of benzene rings is 1. The van der Waals surface area contributed by atoms with E-state index in [9.17, 15) is 14.4 Å². The lowest BCUT2D eigenvalue weighted by Gasteiger charge is -2.28. The SMILES string of the molecule is CN(C)CCNC(=O)CCC(Cc1ccccc1)NC(=O)C1(C(N)=O)CCCC1. The molecule has 1 aromatic rings. The molecule has 4 N–H and O–H groups in total. The van der Waals surface area contributed by atoms with Crippen LogP contribution in [0.4, 0.5) is 0 Å². The highest BCUT2D eigenvalue weighted by atomic mass is 16.2. The Labute approximate surface area is 173 Å². The van der Waals surface area contributed by atoms with Crippen molar-refractivity contribution >= 4 is 17.7 Å². The first kappa shape index (κ1) is 22.9. The highest BCUT2D eigenvalue weighted by Gasteiger charge is 2.46. The van der Waals surface area contributed by atoms with Gasteiger partial charge in [0, 0.05) is 25.6 Å². The van der Waals surface area contributed by atoms with E-state index in [1.54, 1.807) is 0 Å². The van der Waals surface area contributed by atoms with Gasteiger partial charge in [-0.15, -0.1) is 0 Å². The smallest absolute Gasteiger partial charge is 0.235 e. The first-order chi connectivity index (χ1) is 13.8. The average Bonchev–Trinajstić information content (AvgIpc) is 3.18. The number of likely N-dealkylation sites (N-methyl/N-ethyl adjacent to an activating group) is 1. The molecule has 1 aromatic carbocycles. The van der Waals surface area contributed by atoms with Crippen LogP contribution in [0.25, 0.3) is 0 Å². The van der Waals surface area contributed by atoms with Gasteiger partial charge in [0.25, 0.3) is 0 Å². The number of amides is 3. The van der Waals surface area contributed by atoms with Gasteiger partial charge in [0.1, 0.15) is 5.41 Å². The van der Waals surface area contributed by atoms with Crippen molar-refractivity contribution in [1.82, 2.24) is 15.5 Å². The van der Waals surface area contributed by atoms with Crippen LogP contribution in [0, 0.1) is 5.41 Å². The van der Waals surface area contributed by atoms with Crippen LogP contribution in [0.2, 0.25) is 0 Å². The van der Waals surface area contributed by atoms with Gasteiger partial charge in [-0.3, -0.25) is 14.4 Å². The maximum atomic E-state index is 13.0. The van der Waals surface area contributed by atoms with Crippen LogP contribution in [0.3, 0.4) is 0 Å². The number of nitrogens with two attached hydrogens (primary N) is 1. The predicted octanol–water partition coefficient (Wildman–Crippen LogP) is 1.22. The monoisotopic (exact) mass is 402 g/mol. The van der Waals surface area contributed by atoms with E-state index in [2.05, 4.69) is 10.6 Å². The van der Waals surface area contributed by atoms with Gasteiger partial charge in [0.15, 0.2) is 0 Å². The van der Waals surface area contributed by atoms with Gasteiger partial charge in [-0.2, -0.15) is 0 Å². The lowest BCUT2D eigenvalue weighted by molar-refractivity contribution is -0.142. The third-order valence-corrected chi connectivity index (χ3v) is 5.62. The van der Waals surface area contributed by atoms with E-state index in [0.717, 1.165) is 24.9 Å². The minimum Gasteiger partial charge on any atom is -0.369 e. The third kappa shape index (κ3) is 6.85. The van der Waals surface area contributed by atoms with E-state index in [0.29, 0.717) is 38.6 Å². The summed E-state index contributed by atoms with van der Waals surface area (Å²) in [5.74, 6) is -0.881. The van der Waals surface area contributed by atoms with Crippen LogP contribution in [0.15, 0.2) is 30.3 Å². The molecular weight excluding hydrogens is 368 g/mol. The minimum absolute atomic E-state index is 0.0374. The molecule has 0 bridgehead atoms. The second kappa shape index (κ2) is 11.0. The van der Waals surface area contributed by atoms with Crippen LogP contribution in [-0.4, -0.2) is 55.8 Å². The predicted molar refractivity (Wildman–Crippen MR) is 113 cm³/mol. The Hall–Kier alpha value is -2.41. The largest absolute Gasteiger partial charge is 0.369 e. The Balaban J connectivity index is 2.00. The lowest BCUT2D eigenvalue weighted by atomic mass is 9.83. The van der Waals surface area contributed by atoms with Crippen molar-refractivity contribution in [2.45, 2.75) is 51.0 Å². The first-order valence-corrected chi connectivity index (χ1v) is 10.4. The number of rotatable bonds is 11. The molecule has 0 aliphatic heterocycles. The molecule has 1 fully saturated rings. The summed E-state index contributed by atoms with van der Waals surface area (Å²) in [4.78, 5) is 39.2. The molecule has 1 unspecified atom stereocenters. The molecule has 1 aliphatic rings. The molecule has 7 nitrogen and oxygen atoms in total. The van der Waals surface area contributed by atoms with Crippen LogP contribution >= 0.6 is 0 Å². The number of nitrogens with one attached hydrogen (secondary N) is 2. The molecule has 2 rings (SSSR count). The highest BCUT2D eigenvalue weighted by Crippen LogP contribution is 2.38. The number of hydrogen-bond acceptors (Lipinski definition) is 4. The first-order valence-electron chi connectivity index (χ1n) is 10.4. The van der Waals surface area contributed by atoms with Crippen molar-refractivity contribution in [1.29, 1.82) is 0 Å². The zero-order chi connectivity index (χ0) is 21.3. The maximum absolute atomic E-state index is 13.0. The summed E-state index contributed by atoms with van der Waals surface area (Å²) >= 11 is 0. The van der Waals surface area contributed by atoms with Gasteiger partial charge < -0.3 is 21.3 Å². The summed E-state index contributed by atoms with van der Waals surface area (Å²) < 4.78 is 0. The number of carbonyl (C=O) groups is 3. The van der Waals surface area contributed by atoms with E-state index in [1.807, 2.05) is 49.3 Å². The number of primary amides is 1. The molecule has 0 aromatic heterocycles. The molecule has 0 heterocycles. The molecule has 0 spiro atoms. The van der Waals surface area contributed by atoms with Gasteiger partial charge in [0.2, 0.25) is 17.7 Å². The normalized spacial score (nSPS) is 16.4. The molecule has 1 saturated carbocycles. The Morgan fingerprint density at radius 1 is 1.14 bits per heavy atom. The summed E-state index contributed by atoms with van der Waals surface area (Å²) in [7, 11) is 3.91. The van der Waals surface area contributed by atoms with Gasteiger partial charge in [-0.25, -0.2) is 0 Å². The maximum Gasteiger partial charge on any atom is 0.235 e. The Bertz CT molecular complexity index is 685. The Morgan fingerprint density at radius 2 is 1.79 bits per heavy atom. The van der Waals surface area contributed by atoms with Crippen molar-refractivity contribution in [3.8, 4) is 0 Å². The van der Waals surface area contributed by atoms with Gasteiger partial charge in [-0.05, 0) is 45.3 Å². The van der Waals surface area contributed by atoms with E-state index in [1.165, 1.54) is 0 Å². The second-order valence-electron chi connectivity index (χ2n) is 8.21. The standard InChI is InChI=1S/C22H34N4O3/c1-26(2)15-14-24-19(27)11-10-18(16-17-8-4-3-5-9-17)25-21(29)22(20(23)28)12-6-7-13-22/h3-5,8-9,18H,6-7,10-16H2,1-2H3,(H2,23,28)(H,24,27)(H,25,29). The summed E-state index contributed by atoms with van der Waals surface area (Å²) in [6, 6.07) is 9.59. The number of hydrogen-bond donors (Lipinski definition) is 3. The molecule has 1 aliphatic carbocycles. The molecule has 160 valence electrons. The topological polar surface area (TPSA) is 105 Å². The fourth-order valence-corrected chi connectivity index (χ4v) is 3.82. The molecule has 7 heteroatoms. The zero-order valence-corrected chi connectivity index (χ0v) is 17.6. The second-order valence-corrected chi connectivity index (χ2v) is 8.21. The molecule has 3 amide bonds. The van der Waals surface area contributed by atoms with Crippen molar-refractivity contribution in [3.63, 3.8) is 0 Å². The van der Waals surface area contributed by atoms with Gasteiger partial charge in [-0.1, -0.05) is 43.2 Å². The molecular formula is C22H34N4O3. The summed E-state index contributed by atoms with van der Waals surface area (Å²) in [5.41, 5.74) is 5.56. The Morgan fingerprint density at radius 3 is 2.38 bits per heavy atom. The van der Waals surface area contributed by atoms with Crippen LogP contribution < -0.4 is 16.4 Å². The molecule has 1 atom stereocenters. The number of carbonyl (C=O) groups excluding carboxylic acids is 3. The van der Waals surface area contributed by atoms with E-state index in [-0.39, 0.29) is 17.9 Å². The number of nitrogens with zero attached hydrogens (tertiary/aromatic N) is 1. The van der Waals surface area contributed by atoms with E-state index < -0.39 is 11.3 Å². The van der Waals surface area contributed by atoms with E-state index >= 15 is 0 Å². The summed E-state index contributed by atoms with van der Waals surface area (Å²) in [6.45, 7) is 1.36. The summed E-state index contributed by atoms with van der Waals surface area (Å²) in [5, 5.41) is 5.93. The lowest BCUT2D eigenvalue weighted by Crippen LogP contribution is -2.51. The van der Waals surface area contributed by atoms with Crippen LogP contribution in [0.1, 0.15) is 44.1 Å². The quantitative estimate of drug-likeness (QED) is 0.484. The average molecular weight is 403 g/mol. The van der Waals surface area contributed by atoms with E-state index in [4.69, 9.17) is 5.73 Å². The van der Waals surface area contributed by atoms with Gasteiger partial charge in [0.05, 0.1) is 0 Å². The summed E-state index contributed by atoms with van der Waals surface area (Å²) in [6.07, 6.45) is 4.07.